The van der Waals surface area contributed by atoms with Gasteiger partial charge < -0.3 is 4.74 Å². The molecule has 0 unspecified atom stereocenters. The van der Waals surface area contributed by atoms with E-state index in [2.05, 4.69) is 19.9 Å². The second kappa shape index (κ2) is 7.27. The Balaban J connectivity index is 1.84. The molecule has 0 saturated heterocycles. The minimum Gasteiger partial charge on any atom is -0.477 e. The number of rotatable bonds is 6. The summed E-state index contributed by atoms with van der Waals surface area (Å²) in [4.78, 5) is 3.93. The zero-order valence-corrected chi connectivity index (χ0v) is 14.3. The summed E-state index contributed by atoms with van der Waals surface area (Å²) in [6.45, 7) is 2.38. The number of hydrogen-bond donors (Lipinski definition) is 1. The van der Waals surface area contributed by atoms with Crippen LogP contribution in [0.1, 0.15) is 6.92 Å². The number of benzene rings is 1. The molecule has 2 heterocycles. The fourth-order valence-corrected chi connectivity index (χ4v) is 3.17. The lowest BCUT2D eigenvalue weighted by Gasteiger charge is -2.09. The average molecular weight is 356 g/mol. The van der Waals surface area contributed by atoms with Crippen LogP contribution in [0, 0.1) is 0 Å². The lowest BCUT2D eigenvalue weighted by atomic mass is 10.1. The van der Waals surface area contributed by atoms with Crippen LogP contribution in [0.3, 0.4) is 0 Å². The van der Waals surface area contributed by atoms with E-state index >= 15 is 0 Å². The molecule has 0 saturated carbocycles. The largest absolute Gasteiger partial charge is 0.477 e. The summed E-state index contributed by atoms with van der Waals surface area (Å²) in [6, 6.07) is 13.5. The number of ether oxygens (including phenoxy) is 1. The molecular weight excluding hydrogens is 340 g/mol. The normalized spacial score (nSPS) is 11.1. The molecule has 0 aliphatic rings. The summed E-state index contributed by atoms with van der Waals surface area (Å²) in [5, 5.41) is 8.08. The van der Waals surface area contributed by atoms with Crippen molar-refractivity contribution in [2.24, 2.45) is 0 Å². The van der Waals surface area contributed by atoms with Gasteiger partial charge >= 0.3 is 0 Å². The quantitative estimate of drug-likeness (QED) is 0.730. The van der Waals surface area contributed by atoms with E-state index in [0.717, 1.165) is 5.56 Å². The molecular formula is C17H16N4O3S. The summed E-state index contributed by atoms with van der Waals surface area (Å²) < 4.78 is 32.5. The Morgan fingerprint density at radius 2 is 1.96 bits per heavy atom. The first-order valence-electron chi connectivity index (χ1n) is 7.58. The molecule has 8 heteroatoms. The third-order valence-electron chi connectivity index (χ3n) is 3.29. The Hall–Kier alpha value is -3.00. The van der Waals surface area contributed by atoms with Crippen molar-refractivity contribution in [1.29, 1.82) is 0 Å². The standard InChI is InChI=1S/C17H16N4O3S/c1-2-24-17-9-8-16(19-20-17)13-5-3-6-14(11-13)21-25(22,23)15-7-4-10-18-12-15/h3-12,21H,2H2,1H3. The van der Waals surface area contributed by atoms with E-state index in [-0.39, 0.29) is 4.90 Å². The summed E-state index contributed by atoms with van der Waals surface area (Å²) in [5.41, 5.74) is 1.78. The van der Waals surface area contributed by atoms with Crippen molar-refractivity contribution in [3.05, 3.63) is 60.9 Å². The minimum absolute atomic E-state index is 0.0984. The Bertz CT molecular complexity index is 945. The summed E-state index contributed by atoms with van der Waals surface area (Å²) >= 11 is 0. The van der Waals surface area contributed by atoms with Crippen molar-refractivity contribution < 1.29 is 13.2 Å². The number of nitrogens with one attached hydrogen (secondary N) is 1. The molecule has 25 heavy (non-hydrogen) atoms. The van der Waals surface area contributed by atoms with Crippen molar-refractivity contribution in [2.75, 3.05) is 11.3 Å². The van der Waals surface area contributed by atoms with Crippen molar-refractivity contribution in [1.82, 2.24) is 15.2 Å². The van der Waals surface area contributed by atoms with Crippen LogP contribution >= 0.6 is 0 Å². The lowest BCUT2D eigenvalue weighted by Crippen LogP contribution is -2.13. The highest BCUT2D eigenvalue weighted by Crippen LogP contribution is 2.23. The van der Waals surface area contributed by atoms with Crippen LogP contribution in [-0.4, -0.2) is 30.2 Å². The zero-order valence-electron chi connectivity index (χ0n) is 13.5. The minimum atomic E-state index is -3.69. The SMILES string of the molecule is CCOc1ccc(-c2cccc(NS(=O)(=O)c3cccnc3)c2)nn1. The number of anilines is 1. The van der Waals surface area contributed by atoms with Gasteiger partial charge in [-0.25, -0.2) is 8.42 Å². The van der Waals surface area contributed by atoms with E-state index in [1.807, 2.05) is 13.0 Å². The topological polar surface area (TPSA) is 94.1 Å². The van der Waals surface area contributed by atoms with Crippen LogP contribution in [0.25, 0.3) is 11.3 Å². The van der Waals surface area contributed by atoms with E-state index in [1.54, 1.807) is 36.4 Å². The average Bonchev–Trinajstić information content (AvgIpc) is 2.63. The number of hydrogen-bond acceptors (Lipinski definition) is 6. The van der Waals surface area contributed by atoms with Gasteiger partial charge in [-0.15, -0.1) is 10.2 Å². The maximum absolute atomic E-state index is 12.4. The van der Waals surface area contributed by atoms with Gasteiger partial charge in [0.25, 0.3) is 10.0 Å². The summed E-state index contributed by atoms with van der Waals surface area (Å²) in [5.74, 6) is 0.444. The van der Waals surface area contributed by atoms with Crippen molar-refractivity contribution >= 4 is 15.7 Å². The van der Waals surface area contributed by atoms with Crippen LogP contribution in [0.15, 0.2) is 65.8 Å². The lowest BCUT2D eigenvalue weighted by molar-refractivity contribution is 0.323. The fraction of sp³-hybridized carbons (Fsp3) is 0.118. The fourth-order valence-electron chi connectivity index (χ4n) is 2.16. The predicted molar refractivity (Wildman–Crippen MR) is 93.7 cm³/mol. The second-order valence-corrected chi connectivity index (χ2v) is 6.75. The zero-order chi connectivity index (χ0) is 17.7. The third-order valence-corrected chi connectivity index (χ3v) is 4.65. The van der Waals surface area contributed by atoms with Gasteiger partial charge in [-0.3, -0.25) is 9.71 Å². The number of sulfonamides is 1. The van der Waals surface area contributed by atoms with Crippen molar-refractivity contribution in [2.45, 2.75) is 11.8 Å². The highest BCUT2D eigenvalue weighted by molar-refractivity contribution is 7.92. The number of aromatic nitrogens is 3. The van der Waals surface area contributed by atoms with E-state index in [9.17, 15) is 8.42 Å². The maximum Gasteiger partial charge on any atom is 0.263 e. The molecule has 128 valence electrons. The van der Waals surface area contributed by atoms with Crippen LogP contribution in [0.4, 0.5) is 5.69 Å². The van der Waals surface area contributed by atoms with Crippen LogP contribution < -0.4 is 9.46 Å². The molecule has 3 rings (SSSR count). The molecule has 0 atom stereocenters. The van der Waals surface area contributed by atoms with E-state index in [4.69, 9.17) is 4.74 Å². The van der Waals surface area contributed by atoms with Gasteiger partial charge in [-0.2, -0.15) is 0 Å². The van der Waals surface area contributed by atoms with Crippen LogP contribution in [0.2, 0.25) is 0 Å². The molecule has 0 bridgehead atoms. The van der Waals surface area contributed by atoms with E-state index in [0.29, 0.717) is 23.9 Å². The molecule has 0 spiro atoms. The predicted octanol–water partition coefficient (Wildman–Crippen LogP) is 2.74. The molecule has 0 amide bonds. The van der Waals surface area contributed by atoms with E-state index in [1.165, 1.54) is 18.5 Å². The Labute approximate surface area is 145 Å². The Morgan fingerprint density at radius 3 is 2.64 bits per heavy atom. The molecule has 0 aliphatic heterocycles. The first-order valence-corrected chi connectivity index (χ1v) is 9.06. The Kier molecular flexibility index (Phi) is 4.90. The van der Waals surface area contributed by atoms with Gasteiger partial charge in [0, 0.05) is 29.7 Å². The third kappa shape index (κ3) is 4.10. The van der Waals surface area contributed by atoms with Crippen molar-refractivity contribution in [3.8, 4) is 17.1 Å². The van der Waals surface area contributed by atoms with Crippen LogP contribution in [-0.2, 0) is 10.0 Å². The summed E-state index contributed by atoms with van der Waals surface area (Å²) in [7, 11) is -3.69. The van der Waals surface area contributed by atoms with Gasteiger partial charge in [-0.05, 0) is 37.3 Å². The van der Waals surface area contributed by atoms with Gasteiger partial charge in [-0.1, -0.05) is 12.1 Å². The highest BCUT2D eigenvalue weighted by Gasteiger charge is 2.14. The maximum atomic E-state index is 12.4. The van der Waals surface area contributed by atoms with Crippen LogP contribution in [0.5, 0.6) is 5.88 Å². The van der Waals surface area contributed by atoms with Gasteiger partial charge in [0.1, 0.15) is 4.90 Å². The van der Waals surface area contributed by atoms with Gasteiger partial charge in [0.05, 0.1) is 12.3 Å². The second-order valence-electron chi connectivity index (χ2n) is 5.06. The number of nitrogens with zero attached hydrogens (tertiary/aromatic N) is 3. The first-order chi connectivity index (χ1) is 12.1. The van der Waals surface area contributed by atoms with Crippen molar-refractivity contribution in [3.63, 3.8) is 0 Å². The molecule has 7 nitrogen and oxygen atoms in total. The molecule has 0 fully saturated rings. The number of pyridine rings is 1. The molecule has 2 aromatic heterocycles. The molecule has 0 radical (unpaired) electrons. The first kappa shape index (κ1) is 16.8. The summed E-state index contributed by atoms with van der Waals surface area (Å²) in [6.07, 6.45) is 2.81. The van der Waals surface area contributed by atoms with Gasteiger partial charge in [0.2, 0.25) is 5.88 Å². The molecule has 1 N–H and O–H groups in total. The Morgan fingerprint density at radius 1 is 1.08 bits per heavy atom. The van der Waals surface area contributed by atoms with E-state index < -0.39 is 10.0 Å². The molecule has 0 aliphatic carbocycles. The highest BCUT2D eigenvalue weighted by atomic mass is 32.2. The van der Waals surface area contributed by atoms with Gasteiger partial charge in [0.15, 0.2) is 0 Å². The molecule has 1 aromatic carbocycles. The smallest absolute Gasteiger partial charge is 0.263 e. The monoisotopic (exact) mass is 356 g/mol. The molecule has 3 aromatic rings.